The predicted octanol–water partition coefficient (Wildman–Crippen LogP) is 2.53. The summed E-state index contributed by atoms with van der Waals surface area (Å²) in [6.07, 6.45) is -0.817. The first kappa shape index (κ1) is 23.7. The second-order valence-corrected chi connectivity index (χ2v) is 7.91. The van der Waals surface area contributed by atoms with Crippen LogP contribution in [0.5, 0.6) is 5.75 Å². The van der Waals surface area contributed by atoms with Gasteiger partial charge in [0.1, 0.15) is 40.9 Å². The molecular formula is C18H21F3N4O4S. The van der Waals surface area contributed by atoms with E-state index in [-0.39, 0.29) is 17.2 Å². The van der Waals surface area contributed by atoms with Crippen LogP contribution in [0.2, 0.25) is 0 Å². The van der Waals surface area contributed by atoms with Crippen molar-refractivity contribution in [2.24, 2.45) is 0 Å². The van der Waals surface area contributed by atoms with Gasteiger partial charge in [-0.3, -0.25) is 8.61 Å². The highest BCUT2D eigenvalue weighted by atomic mass is 32.2. The van der Waals surface area contributed by atoms with Crippen LogP contribution in [0.15, 0.2) is 35.7 Å². The average molecular weight is 446 g/mol. The van der Waals surface area contributed by atoms with Crippen LogP contribution in [-0.2, 0) is 21.7 Å². The van der Waals surface area contributed by atoms with Crippen molar-refractivity contribution in [2.45, 2.75) is 31.0 Å². The molecule has 0 fully saturated rings. The molecule has 12 heteroatoms. The molecule has 0 bridgehead atoms. The Morgan fingerprint density at radius 3 is 2.63 bits per heavy atom. The minimum atomic E-state index is -4.57. The lowest BCUT2D eigenvalue weighted by atomic mass is 10.3. The molecule has 0 aliphatic rings. The van der Waals surface area contributed by atoms with Crippen molar-refractivity contribution >= 4 is 16.4 Å². The molecule has 164 valence electrons. The van der Waals surface area contributed by atoms with Gasteiger partial charge in [0, 0.05) is 31.2 Å². The largest absolute Gasteiger partial charge is 0.487 e. The van der Waals surface area contributed by atoms with E-state index in [2.05, 4.69) is 15.0 Å². The lowest BCUT2D eigenvalue weighted by Gasteiger charge is -2.15. The third kappa shape index (κ3) is 5.12. The normalized spacial score (nSPS) is 13.7. The maximum atomic E-state index is 12.9. The molecule has 0 aromatic carbocycles. The number of methoxy groups -OCH3 is 1. The van der Waals surface area contributed by atoms with Crippen LogP contribution in [0.25, 0.3) is 17.0 Å². The van der Waals surface area contributed by atoms with Gasteiger partial charge in [-0.05, 0) is 6.92 Å². The van der Waals surface area contributed by atoms with Gasteiger partial charge in [-0.2, -0.15) is 13.2 Å². The van der Waals surface area contributed by atoms with E-state index >= 15 is 0 Å². The van der Waals surface area contributed by atoms with Crippen molar-refractivity contribution in [2.75, 3.05) is 19.5 Å². The number of pyridine rings is 1. The number of ether oxygens (including phenoxy) is 2. The molecule has 0 saturated heterocycles. The van der Waals surface area contributed by atoms with E-state index in [0.29, 0.717) is 34.4 Å². The average Bonchev–Trinajstić information content (AvgIpc) is 3.09. The molecule has 0 aliphatic carbocycles. The summed E-state index contributed by atoms with van der Waals surface area (Å²) in [6, 6.07) is 2.46. The van der Waals surface area contributed by atoms with Gasteiger partial charge in [0.05, 0.1) is 28.5 Å². The molecule has 3 heterocycles. The van der Waals surface area contributed by atoms with E-state index in [9.17, 15) is 17.4 Å². The first-order valence-electron chi connectivity index (χ1n) is 8.69. The van der Waals surface area contributed by atoms with Crippen molar-refractivity contribution in [3.63, 3.8) is 0 Å². The smallest absolute Gasteiger partial charge is 0.433 e. The summed E-state index contributed by atoms with van der Waals surface area (Å²) in [6.45, 7) is 3.94. The van der Waals surface area contributed by atoms with Gasteiger partial charge < -0.3 is 14.9 Å². The van der Waals surface area contributed by atoms with Crippen LogP contribution in [0.1, 0.15) is 19.5 Å². The maximum absolute atomic E-state index is 12.9. The minimum Gasteiger partial charge on any atom is -0.487 e. The predicted molar refractivity (Wildman–Crippen MR) is 104 cm³/mol. The van der Waals surface area contributed by atoms with Gasteiger partial charge in [0.25, 0.3) is 0 Å². The number of hydrogen-bond acceptors (Lipinski definition) is 6. The fraction of sp³-hybridized carbons (Fsp3) is 0.389. The molecule has 2 unspecified atom stereocenters. The monoisotopic (exact) mass is 446 g/mol. The fourth-order valence-corrected chi connectivity index (χ4v) is 3.61. The van der Waals surface area contributed by atoms with E-state index in [1.54, 1.807) is 20.1 Å². The SMILES string of the molecule is CCS(=O)c1cc(OC(C)COC)cnc1-c1cn2cnc(C(F)(F)F)cc2n1.O. The van der Waals surface area contributed by atoms with Crippen LogP contribution >= 0.6 is 0 Å². The fourth-order valence-electron chi connectivity index (χ4n) is 2.67. The topological polar surface area (TPSA) is 110 Å². The van der Waals surface area contributed by atoms with Gasteiger partial charge in [-0.25, -0.2) is 15.0 Å². The summed E-state index contributed by atoms with van der Waals surface area (Å²) in [4.78, 5) is 12.3. The van der Waals surface area contributed by atoms with E-state index in [4.69, 9.17) is 9.47 Å². The quantitative estimate of drug-likeness (QED) is 0.552. The van der Waals surface area contributed by atoms with Crippen LogP contribution in [0.4, 0.5) is 13.2 Å². The number of imidazole rings is 1. The van der Waals surface area contributed by atoms with Crippen molar-refractivity contribution in [3.05, 3.63) is 36.5 Å². The number of nitrogens with zero attached hydrogens (tertiary/aromatic N) is 4. The molecule has 3 aromatic heterocycles. The number of aromatic nitrogens is 4. The Kier molecular flexibility index (Phi) is 7.50. The summed E-state index contributed by atoms with van der Waals surface area (Å²) in [5.74, 6) is 0.749. The number of rotatable bonds is 7. The Balaban J connectivity index is 0.00000320. The molecule has 2 N–H and O–H groups in total. The summed E-state index contributed by atoms with van der Waals surface area (Å²) in [5, 5.41) is 0. The highest BCUT2D eigenvalue weighted by molar-refractivity contribution is 7.85. The summed E-state index contributed by atoms with van der Waals surface area (Å²) in [5.41, 5.74) is -0.372. The third-order valence-electron chi connectivity index (χ3n) is 3.95. The zero-order chi connectivity index (χ0) is 21.2. The Morgan fingerprint density at radius 1 is 1.27 bits per heavy atom. The number of hydrogen-bond donors (Lipinski definition) is 0. The lowest BCUT2D eigenvalue weighted by molar-refractivity contribution is -0.141. The van der Waals surface area contributed by atoms with Gasteiger partial charge in [-0.15, -0.1) is 0 Å². The Labute approximate surface area is 172 Å². The number of alkyl halides is 3. The van der Waals surface area contributed by atoms with Gasteiger partial charge in [0.15, 0.2) is 0 Å². The zero-order valence-corrected chi connectivity index (χ0v) is 17.3. The summed E-state index contributed by atoms with van der Waals surface area (Å²) >= 11 is 0. The van der Waals surface area contributed by atoms with Crippen molar-refractivity contribution in [3.8, 4) is 17.1 Å². The molecule has 0 amide bonds. The van der Waals surface area contributed by atoms with Crippen LogP contribution in [0, 0.1) is 0 Å². The first-order valence-corrected chi connectivity index (χ1v) is 10.0. The van der Waals surface area contributed by atoms with Crippen molar-refractivity contribution in [1.29, 1.82) is 0 Å². The molecule has 3 rings (SSSR count). The van der Waals surface area contributed by atoms with Crippen LogP contribution in [0.3, 0.4) is 0 Å². The minimum absolute atomic E-state index is 0. The van der Waals surface area contributed by atoms with Gasteiger partial charge >= 0.3 is 6.18 Å². The molecule has 0 radical (unpaired) electrons. The second-order valence-electron chi connectivity index (χ2n) is 6.20. The summed E-state index contributed by atoms with van der Waals surface area (Å²) < 4.78 is 63.3. The zero-order valence-electron chi connectivity index (χ0n) is 16.4. The van der Waals surface area contributed by atoms with E-state index in [1.165, 1.54) is 16.8 Å². The van der Waals surface area contributed by atoms with Gasteiger partial charge in [0.2, 0.25) is 0 Å². The maximum Gasteiger partial charge on any atom is 0.433 e. The van der Waals surface area contributed by atoms with Crippen molar-refractivity contribution in [1.82, 2.24) is 19.4 Å². The van der Waals surface area contributed by atoms with E-state index < -0.39 is 22.7 Å². The Bertz CT molecular complexity index is 1040. The standard InChI is InChI=1S/C18H19F3N4O3S.H2O/c1-4-29(26)14-5-12(28-11(2)9-27-3)7-22-17(14)13-8-25-10-23-15(18(19,20)21)6-16(25)24-13;/h5-8,10-11H,4,9H2,1-3H3;1H2. The highest BCUT2D eigenvalue weighted by Crippen LogP contribution is 2.30. The molecule has 8 nitrogen and oxygen atoms in total. The molecule has 30 heavy (non-hydrogen) atoms. The molecule has 3 aromatic rings. The van der Waals surface area contributed by atoms with Crippen LogP contribution < -0.4 is 4.74 Å². The second kappa shape index (κ2) is 9.49. The lowest BCUT2D eigenvalue weighted by Crippen LogP contribution is -2.18. The van der Waals surface area contributed by atoms with E-state index in [1.807, 2.05) is 6.92 Å². The molecule has 0 aliphatic heterocycles. The van der Waals surface area contributed by atoms with Gasteiger partial charge in [-0.1, -0.05) is 6.92 Å². The molecule has 0 spiro atoms. The summed E-state index contributed by atoms with van der Waals surface area (Å²) in [7, 11) is 0.167. The third-order valence-corrected chi connectivity index (χ3v) is 5.28. The Morgan fingerprint density at radius 2 is 2.00 bits per heavy atom. The number of fused-ring (bicyclic) bond motifs is 1. The first-order chi connectivity index (χ1) is 13.7. The van der Waals surface area contributed by atoms with E-state index in [0.717, 1.165) is 12.4 Å². The van der Waals surface area contributed by atoms with Crippen molar-refractivity contribution < 1.29 is 32.3 Å². The molecule has 0 saturated carbocycles. The molecular weight excluding hydrogens is 425 g/mol. The molecule has 2 atom stereocenters. The van der Waals surface area contributed by atoms with Crippen LogP contribution in [-0.4, -0.2) is 54.6 Å². The number of halogens is 3. The highest BCUT2D eigenvalue weighted by Gasteiger charge is 2.33. The Hall–Kier alpha value is -2.57.